The van der Waals surface area contributed by atoms with Crippen molar-refractivity contribution in [3.8, 4) is 39.7 Å². The van der Waals surface area contributed by atoms with Crippen molar-refractivity contribution in [2.45, 2.75) is 13.7 Å². The molecule has 0 fully saturated rings. The van der Waals surface area contributed by atoms with Gasteiger partial charge in [0.05, 0.1) is 39.5 Å². The number of aromatic nitrogens is 3. The first-order valence-electron chi connectivity index (χ1n) is 13.6. The lowest BCUT2D eigenvalue weighted by Gasteiger charge is -2.21. The monoisotopic (exact) mass is 613 g/mol. The fraction of sp³-hybridized carbons (Fsp3) is 0.129. The molecule has 0 radical (unpaired) electrons. The molecular weight excluding hydrogens is 589 g/mol. The molecule has 0 atom stereocenters. The third-order valence-corrected chi connectivity index (χ3v) is 8.90. The highest BCUT2D eigenvalue weighted by Gasteiger charge is 2.27. The van der Waals surface area contributed by atoms with Gasteiger partial charge in [-0.25, -0.2) is 17.8 Å². The van der Waals surface area contributed by atoms with E-state index in [1.54, 1.807) is 42.5 Å². The van der Waals surface area contributed by atoms with Crippen molar-refractivity contribution in [2.75, 3.05) is 17.5 Å². The Morgan fingerprint density at radius 1 is 1.09 bits per heavy atom. The van der Waals surface area contributed by atoms with Crippen molar-refractivity contribution in [3.05, 3.63) is 88.6 Å². The topological polar surface area (TPSA) is 148 Å². The van der Waals surface area contributed by atoms with E-state index in [2.05, 4.69) is 15.0 Å². The number of pyridine rings is 2. The van der Waals surface area contributed by atoms with Gasteiger partial charge in [0, 0.05) is 35.6 Å². The van der Waals surface area contributed by atoms with Crippen LogP contribution < -0.4 is 20.3 Å². The second-order valence-electron chi connectivity index (χ2n) is 10.1. The molecule has 7 rings (SSSR count). The summed E-state index contributed by atoms with van der Waals surface area (Å²) in [6, 6.07) is 16.1. The number of hydrogen-bond donors (Lipinski definition) is 3. The van der Waals surface area contributed by atoms with Crippen LogP contribution in [0.25, 0.3) is 55.8 Å². The summed E-state index contributed by atoms with van der Waals surface area (Å²) in [4.78, 5) is 33.3. The van der Waals surface area contributed by atoms with Crippen molar-refractivity contribution in [1.82, 2.24) is 19.9 Å². The molecule has 0 bridgehead atoms. The molecule has 0 spiro atoms. The van der Waals surface area contributed by atoms with E-state index in [0.717, 1.165) is 0 Å². The number of sulfonamides is 1. The number of rotatable bonds is 6. The van der Waals surface area contributed by atoms with Gasteiger partial charge in [-0.2, -0.15) is 0 Å². The fourth-order valence-corrected chi connectivity index (χ4v) is 6.08. The number of hydrogen-bond acceptors (Lipinski definition) is 7. The van der Waals surface area contributed by atoms with Crippen LogP contribution in [0.2, 0.25) is 0 Å². The van der Waals surface area contributed by atoms with Gasteiger partial charge in [0.15, 0.2) is 12.5 Å². The Morgan fingerprint density at radius 3 is 2.70 bits per heavy atom. The molecule has 5 heterocycles. The highest BCUT2D eigenvalue weighted by atomic mass is 32.2. The first-order valence-corrected chi connectivity index (χ1v) is 15.3. The van der Waals surface area contributed by atoms with E-state index in [-0.39, 0.29) is 46.5 Å². The predicted octanol–water partition coefficient (Wildman–Crippen LogP) is 5.08. The molecule has 3 N–H and O–H groups in total. The van der Waals surface area contributed by atoms with Crippen LogP contribution >= 0.6 is 0 Å². The van der Waals surface area contributed by atoms with Crippen LogP contribution in [0.4, 0.5) is 10.1 Å². The number of nitrogens with one attached hydrogen (secondary N) is 3. The second-order valence-corrected chi connectivity index (χ2v) is 12.2. The number of carbonyl (C=O) groups is 1. The number of benzene rings is 2. The normalized spacial score (nSPS) is 12.5. The van der Waals surface area contributed by atoms with Crippen LogP contribution in [0.5, 0.6) is 5.75 Å². The number of anilines is 1. The number of fused-ring (bicyclic) bond motifs is 6. The fourth-order valence-electron chi connectivity index (χ4n) is 5.43. The van der Waals surface area contributed by atoms with Gasteiger partial charge < -0.3 is 24.0 Å². The van der Waals surface area contributed by atoms with Crippen LogP contribution in [0.1, 0.15) is 17.3 Å². The quantitative estimate of drug-likeness (QED) is 0.237. The Balaban J connectivity index is 1.49. The average molecular weight is 614 g/mol. The summed E-state index contributed by atoms with van der Waals surface area (Å²) >= 11 is 0. The molecule has 4 aromatic heterocycles. The Hall–Kier alpha value is -5.43. The van der Waals surface area contributed by atoms with E-state index in [4.69, 9.17) is 14.1 Å². The maximum Gasteiger partial charge on any atom is 0.259 e. The van der Waals surface area contributed by atoms with Crippen molar-refractivity contribution in [3.63, 3.8) is 0 Å². The molecule has 44 heavy (non-hydrogen) atoms. The third kappa shape index (κ3) is 4.31. The van der Waals surface area contributed by atoms with Crippen LogP contribution in [-0.4, -0.2) is 41.7 Å². The van der Waals surface area contributed by atoms with Gasteiger partial charge in [-0.3, -0.25) is 14.3 Å². The molecule has 222 valence electrons. The van der Waals surface area contributed by atoms with E-state index >= 15 is 0 Å². The highest BCUT2D eigenvalue weighted by Crippen LogP contribution is 2.42. The standard InChI is InChI=1S/C31H24FN5O6S/c1-3-44(40,41)36-22-14-26-19(27(31(39)33-2)29(43-26)16-6-5-11-34-30(16)38)12-18(22)21-9-10-25-28(35-21)24-13-17-20(32)7-4-8-23(17)37(24)15-42-25/h4-14,36H,3,15H2,1-2H3,(H,33,39)(H,34,38). The number of amides is 1. The van der Waals surface area contributed by atoms with Crippen molar-refractivity contribution >= 4 is 43.5 Å². The van der Waals surface area contributed by atoms with Crippen LogP contribution in [0.15, 0.2) is 76.1 Å². The van der Waals surface area contributed by atoms with E-state index in [1.807, 2.05) is 4.57 Å². The molecular formula is C31H24FN5O6S. The van der Waals surface area contributed by atoms with Crippen molar-refractivity contribution < 1.29 is 26.8 Å². The minimum absolute atomic E-state index is 0.0287. The number of halogens is 1. The second kappa shape index (κ2) is 10.1. The summed E-state index contributed by atoms with van der Waals surface area (Å²) in [7, 11) is -2.31. The molecule has 0 aliphatic carbocycles. The van der Waals surface area contributed by atoms with E-state index in [9.17, 15) is 22.4 Å². The lowest BCUT2D eigenvalue weighted by atomic mass is 10.0. The summed E-state index contributed by atoms with van der Waals surface area (Å²) in [5, 5.41) is 3.35. The minimum Gasteiger partial charge on any atom is -0.470 e. The Morgan fingerprint density at radius 2 is 1.93 bits per heavy atom. The smallest absolute Gasteiger partial charge is 0.259 e. The Labute approximate surface area is 249 Å². The summed E-state index contributed by atoms with van der Waals surface area (Å²) in [5.41, 5.74) is 2.50. The number of furan rings is 1. The molecule has 1 aliphatic heterocycles. The zero-order valence-electron chi connectivity index (χ0n) is 23.4. The summed E-state index contributed by atoms with van der Waals surface area (Å²) in [6.45, 7) is 1.67. The van der Waals surface area contributed by atoms with Gasteiger partial charge in [-0.15, -0.1) is 0 Å². The van der Waals surface area contributed by atoms with E-state index in [1.165, 1.54) is 38.4 Å². The van der Waals surface area contributed by atoms with Gasteiger partial charge in [0.1, 0.15) is 22.8 Å². The minimum atomic E-state index is -3.77. The summed E-state index contributed by atoms with van der Waals surface area (Å²) in [5.74, 6) is -0.581. The SMILES string of the molecule is CCS(=O)(=O)Nc1cc2oc(-c3ccc[nH]c3=O)c(C(=O)NC)c2cc1-c1ccc2c(n1)-c1cc3c(F)cccc3n1CO2. The molecule has 2 aromatic carbocycles. The molecule has 1 aliphatic rings. The van der Waals surface area contributed by atoms with Gasteiger partial charge in [-0.05, 0) is 55.5 Å². The highest BCUT2D eigenvalue weighted by molar-refractivity contribution is 7.92. The van der Waals surface area contributed by atoms with Gasteiger partial charge in [0.25, 0.3) is 11.5 Å². The van der Waals surface area contributed by atoms with Crippen molar-refractivity contribution in [1.29, 1.82) is 0 Å². The van der Waals surface area contributed by atoms with E-state index < -0.39 is 21.5 Å². The lowest BCUT2D eigenvalue weighted by molar-refractivity contribution is 0.0964. The van der Waals surface area contributed by atoms with Crippen LogP contribution in [0.3, 0.4) is 0 Å². The molecule has 11 nitrogen and oxygen atoms in total. The Bertz CT molecular complexity index is 2320. The average Bonchev–Trinajstić information content (AvgIpc) is 3.59. The molecule has 1 amide bonds. The van der Waals surface area contributed by atoms with Crippen LogP contribution in [0, 0.1) is 5.82 Å². The Kier molecular flexibility index (Phi) is 6.28. The largest absolute Gasteiger partial charge is 0.470 e. The maximum absolute atomic E-state index is 14.7. The third-order valence-electron chi connectivity index (χ3n) is 7.61. The van der Waals surface area contributed by atoms with Crippen LogP contribution in [-0.2, 0) is 16.8 Å². The molecule has 6 aromatic rings. The summed E-state index contributed by atoms with van der Waals surface area (Å²) < 4.78 is 56.6. The zero-order chi connectivity index (χ0) is 30.7. The zero-order valence-corrected chi connectivity index (χ0v) is 24.2. The van der Waals surface area contributed by atoms with Gasteiger partial charge in [0.2, 0.25) is 10.0 Å². The number of ether oxygens (including phenoxy) is 1. The first-order chi connectivity index (χ1) is 21.2. The van der Waals surface area contributed by atoms with E-state index in [0.29, 0.717) is 44.7 Å². The lowest BCUT2D eigenvalue weighted by Crippen LogP contribution is -2.19. The maximum atomic E-state index is 14.7. The summed E-state index contributed by atoms with van der Waals surface area (Å²) in [6.07, 6.45) is 1.46. The number of carbonyl (C=O) groups excluding carboxylic acids is 1. The molecule has 0 saturated carbocycles. The van der Waals surface area contributed by atoms with Crippen molar-refractivity contribution in [2.24, 2.45) is 0 Å². The van der Waals surface area contributed by atoms with Gasteiger partial charge in [-0.1, -0.05) is 6.07 Å². The first kappa shape index (κ1) is 27.4. The number of H-pyrrole nitrogens is 1. The number of nitrogens with zero attached hydrogens (tertiary/aromatic N) is 2. The molecule has 0 saturated heterocycles. The predicted molar refractivity (Wildman–Crippen MR) is 163 cm³/mol. The molecule has 0 unspecified atom stereocenters. The molecule has 13 heteroatoms. The number of aromatic amines is 1. The van der Waals surface area contributed by atoms with Gasteiger partial charge >= 0.3 is 0 Å².